The van der Waals surface area contributed by atoms with Gasteiger partial charge < -0.3 is 4.74 Å². The SMILES string of the molecule is C[C@@H]1CN(Cc2csc(NC(=O)c3ccc(C(F)(F)F)nc3)n2)C[C@H](C)O1. The summed E-state index contributed by atoms with van der Waals surface area (Å²) in [6.07, 6.45) is -3.32. The zero-order valence-electron chi connectivity index (χ0n) is 14.8. The number of thiazole rings is 1. The van der Waals surface area contributed by atoms with Gasteiger partial charge in [-0.1, -0.05) is 0 Å². The first-order valence-corrected chi connectivity index (χ1v) is 9.25. The normalized spacial score (nSPS) is 21.2. The Morgan fingerprint density at radius 3 is 2.63 bits per heavy atom. The molecule has 0 aliphatic carbocycles. The molecule has 0 spiro atoms. The van der Waals surface area contributed by atoms with Crippen LogP contribution in [0, 0.1) is 0 Å². The van der Waals surface area contributed by atoms with E-state index in [-0.39, 0.29) is 17.8 Å². The Hall–Kier alpha value is -2.04. The molecule has 1 aliphatic rings. The van der Waals surface area contributed by atoms with Gasteiger partial charge in [0.2, 0.25) is 0 Å². The first kappa shape index (κ1) is 19.7. The molecule has 1 N–H and O–H groups in total. The van der Waals surface area contributed by atoms with Crippen LogP contribution in [0.5, 0.6) is 0 Å². The number of anilines is 1. The lowest BCUT2D eigenvalue weighted by molar-refractivity contribution is -0.141. The maximum atomic E-state index is 12.5. The number of nitrogens with zero attached hydrogens (tertiary/aromatic N) is 3. The van der Waals surface area contributed by atoms with E-state index in [1.807, 2.05) is 19.2 Å². The van der Waals surface area contributed by atoms with Gasteiger partial charge in [-0.15, -0.1) is 11.3 Å². The summed E-state index contributed by atoms with van der Waals surface area (Å²) in [5, 5.41) is 4.84. The van der Waals surface area contributed by atoms with Gasteiger partial charge in [-0.05, 0) is 26.0 Å². The van der Waals surface area contributed by atoms with Crippen LogP contribution in [0.3, 0.4) is 0 Å². The van der Waals surface area contributed by atoms with E-state index in [0.29, 0.717) is 11.7 Å². The van der Waals surface area contributed by atoms with E-state index >= 15 is 0 Å². The molecule has 1 fully saturated rings. The summed E-state index contributed by atoms with van der Waals surface area (Å²) in [5.74, 6) is -0.550. The van der Waals surface area contributed by atoms with Crippen molar-refractivity contribution < 1.29 is 22.7 Å². The summed E-state index contributed by atoms with van der Waals surface area (Å²) in [6, 6.07) is 1.87. The van der Waals surface area contributed by atoms with Crippen molar-refractivity contribution in [1.82, 2.24) is 14.9 Å². The van der Waals surface area contributed by atoms with Gasteiger partial charge in [-0.3, -0.25) is 20.0 Å². The number of alkyl halides is 3. The van der Waals surface area contributed by atoms with Crippen LogP contribution >= 0.6 is 11.3 Å². The topological polar surface area (TPSA) is 67.4 Å². The largest absolute Gasteiger partial charge is 0.433 e. The maximum absolute atomic E-state index is 12.5. The molecule has 10 heteroatoms. The lowest BCUT2D eigenvalue weighted by atomic mass is 10.2. The minimum atomic E-state index is -4.53. The number of nitrogens with one attached hydrogen (secondary N) is 1. The van der Waals surface area contributed by atoms with Gasteiger partial charge in [-0.25, -0.2) is 4.98 Å². The highest BCUT2D eigenvalue weighted by Crippen LogP contribution is 2.27. The second-order valence-electron chi connectivity index (χ2n) is 6.48. The predicted molar refractivity (Wildman–Crippen MR) is 94.6 cm³/mol. The molecule has 0 radical (unpaired) electrons. The Bertz CT molecular complexity index is 784. The van der Waals surface area contributed by atoms with E-state index in [2.05, 4.69) is 20.2 Å². The van der Waals surface area contributed by atoms with Gasteiger partial charge in [0.1, 0.15) is 5.69 Å². The molecule has 2 aromatic rings. The van der Waals surface area contributed by atoms with Gasteiger partial charge in [-0.2, -0.15) is 13.2 Å². The average molecular weight is 400 g/mol. The summed E-state index contributed by atoms with van der Waals surface area (Å²) in [6.45, 7) is 6.30. The third kappa shape index (κ3) is 5.24. The van der Waals surface area contributed by atoms with Crippen molar-refractivity contribution in [3.05, 3.63) is 40.7 Å². The average Bonchev–Trinajstić information content (AvgIpc) is 3.00. The lowest BCUT2D eigenvalue weighted by Gasteiger charge is -2.34. The number of halogens is 3. The summed E-state index contributed by atoms with van der Waals surface area (Å²) < 4.78 is 43.3. The minimum absolute atomic E-state index is 0.0376. The molecule has 1 aliphatic heterocycles. The molecular weight excluding hydrogens is 381 g/mol. The fourth-order valence-corrected chi connectivity index (χ4v) is 3.64. The van der Waals surface area contributed by atoms with E-state index in [1.54, 1.807) is 0 Å². The van der Waals surface area contributed by atoms with Crippen LogP contribution in [0.4, 0.5) is 18.3 Å². The van der Waals surface area contributed by atoms with Gasteiger partial charge >= 0.3 is 6.18 Å². The van der Waals surface area contributed by atoms with Gasteiger partial charge in [0.05, 0.1) is 23.5 Å². The molecule has 3 rings (SSSR count). The summed E-state index contributed by atoms with van der Waals surface area (Å²) in [4.78, 5) is 22.1. The van der Waals surface area contributed by atoms with E-state index in [9.17, 15) is 18.0 Å². The van der Waals surface area contributed by atoms with Crippen LogP contribution in [0.25, 0.3) is 0 Å². The Balaban J connectivity index is 1.59. The van der Waals surface area contributed by atoms with Crippen molar-refractivity contribution in [3.63, 3.8) is 0 Å². The summed E-state index contributed by atoms with van der Waals surface area (Å²) >= 11 is 1.27. The van der Waals surface area contributed by atoms with E-state index < -0.39 is 17.8 Å². The molecule has 27 heavy (non-hydrogen) atoms. The monoisotopic (exact) mass is 400 g/mol. The van der Waals surface area contributed by atoms with Crippen LogP contribution in [-0.4, -0.2) is 46.1 Å². The number of amides is 1. The molecule has 146 valence electrons. The molecule has 0 bridgehead atoms. The van der Waals surface area contributed by atoms with Crippen LogP contribution in [-0.2, 0) is 17.5 Å². The van der Waals surface area contributed by atoms with E-state index in [0.717, 1.165) is 37.1 Å². The number of rotatable bonds is 4. The van der Waals surface area contributed by atoms with Crippen molar-refractivity contribution in [2.24, 2.45) is 0 Å². The standard InChI is InChI=1S/C17H19F3N4O2S/c1-10-6-24(7-11(2)26-10)8-13-9-27-16(22-13)23-15(25)12-3-4-14(21-5-12)17(18,19)20/h3-5,9-11H,6-8H2,1-2H3,(H,22,23,25)/t10-,11+. The van der Waals surface area contributed by atoms with Gasteiger partial charge in [0.25, 0.3) is 5.91 Å². The summed E-state index contributed by atoms with van der Waals surface area (Å²) in [5.41, 5.74) is -0.178. The smallest absolute Gasteiger partial charge is 0.373 e. The quantitative estimate of drug-likeness (QED) is 0.852. The third-order valence-corrected chi connectivity index (χ3v) is 4.78. The molecule has 0 saturated carbocycles. The van der Waals surface area contributed by atoms with Crippen molar-refractivity contribution in [1.29, 1.82) is 0 Å². The molecule has 1 saturated heterocycles. The molecule has 2 aromatic heterocycles. The number of pyridine rings is 1. The zero-order chi connectivity index (χ0) is 19.6. The number of hydrogen-bond acceptors (Lipinski definition) is 6. The van der Waals surface area contributed by atoms with Gasteiger partial charge in [0.15, 0.2) is 5.13 Å². The molecule has 0 aromatic carbocycles. The first-order valence-electron chi connectivity index (χ1n) is 8.37. The minimum Gasteiger partial charge on any atom is -0.373 e. The third-order valence-electron chi connectivity index (χ3n) is 3.97. The predicted octanol–water partition coefficient (Wildman–Crippen LogP) is 3.42. The van der Waals surface area contributed by atoms with Gasteiger partial charge in [0, 0.05) is 31.2 Å². The second kappa shape index (κ2) is 7.91. The first-order chi connectivity index (χ1) is 12.7. The van der Waals surface area contributed by atoms with Crippen molar-refractivity contribution in [2.75, 3.05) is 18.4 Å². The number of carbonyl (C=O) groups excluding carboxylic acids is 1. The number of carbonyl (C=O) groups is 1. The zero-order valence-corrected chi connectivity index (χ0v) is 15.6. The molecule has 0 unspecified atom stereocenters. The maximum Gasteiger partial charge on any atom is 0.433 e. The van der Waals surface area contributed by atoms with Crippen molar-refractivity contribution >= 4 is 22.4 Å². The Morgan fingerprint density at radius 1 is 1.33 bits per heavy atom. The Morgan fingerprint density at radius 2 is 2.04 bits per heavy atom. The molecule has 2 atom stereocenters. The fraction of sp³-hybridized carbons (Fsp3) is 0.471. The highest BCUT2D eigenvalue weighted by atomic mass is 32.1. The molecule has 1 amide bonds. The van der Waals surface area contributed by atoms with E-state index in [4.69, 9.17) is 4.74 Å². The number of morpholine rings is 1. The van der Waals surface area contributed by atoms with Crippen LogP contribution in [0.15, 0.2) is 23.7 Å². The highest BCUT2D eigenvalue weighted by molar-refractivity contribution is 7.13. The molecule has 6 nitrogen and oxygen atoms in total. The van der Waals surface area contributed by atoms with E-state index in [1.165, 1.54) is 11.3 Å². The Kier molecular flexibility index (Phi) is 5.78. The number of aromatic nitrogens is 2. The van der Waals surface area contributed by atoms with Crippen LogP contribution in [0.2, 0.25) is 0 Å². The lowest BCUT2D eigenvalue weighted by Crippen LogP contribution is -2.44. The number of ether oxygens (including phenoxy) is 1. The summed E-state index contributed by atoms with van der Waals surface area (Å²) in [7, 11) is 0. The Labute approximate surface area is 158 Å². The molecule has 3 heterocycles. The van der Waals surface area contributed by atoms with Crippen LogP contribution in [0.1, 0.15) is 35.6 Å². The van der Waals surface area contributed by atoms with Crippen molar-refractivity contribution in [3.8, 4) is 0 Å². The highest BCUT2D eigenvalue weighted by Gasteiger charge is 2.32. The second-order valence-corrected chi connectivity index (χ2v) is 7.34. The molecular formula is C17H19F3N4O2S. The fourth-order valence-electron chi connectivity index (χ4n) is 2.94. The van der Waals surface area contributed by atoms with Crippen molar-refractivity contribution in [2.45, 2.75) is 38.8 Å². The van der Waals surface area contributed by atoms with Crippen LogP contribution < -0.4 is 5.32 Å². The number of hydrogen-bond donors (Lipinski definition) is 1.